The molecule has 19 heavy (non-hydrogen) atoms. The minimum atomic E-state index is -0.362. The lowest BCUT2D eigenvalue weighted by molar-refractivity contribution is -0.125. The molecule has 1 amide bonds. The molecule has 1 aromatic heterocycles. The molecular formula is C13H25N5O. The Morgan fingerprint density at radius 3 is 2.53 bits per heavy atom. The number of amides is 1. The normalized spacial score (nSPS) is 13.6. The predicted molar refractivity (Wildman–Crippen MR) is 74.6 cm³/mol. The van der Waals surface area contributed by atoms with Crippen molar-refractivity contribution in [2.45, 2.75) is 65.7 Å². The number of nitrogens with zero attached hydrogens (tertiary/aromatic N) is 3. The lowest BCUT2D eigenvalue weighted by Crippen LogP contribution is -2.43. The van der Waals surface area contributed by atoms with Crippen molar-refractivity contribution in [3.8, 4) is 0 Å². The van der Waals surface area contributed by atoms with Crippen LogP contribution >= 0.6 is 0 Å². The summed E-state index contributed by atoms with van der Waals surface area (Å²) in [7, 11) is 0. The van der Waals surface area contributed by atoms with Crippen molar-refractivity contribution in [2.75, 3.05) is 0 Å². The van der Waals surface area contributed by atoms with E-state index in [4.69, 9.17) is 0 Å². The molecule has 0 saturated heterocycles. The van der Waals surface area contributed by atoms with E-state index in [9.17, 15) is 4.79 Å². The molecule has 108 valence electrons. The van der Waals surface area contributed by atoms with Crippen LogP contribution < -0.4 is 10.6 Å². The first-order valence-electron chi connectivity index (χ1n) is 6.65. The highest BCUT2D eigenvalue weighted by molar-refractivity contribution is 5.80. The minimum Gasteiger partial charge on any atom is -0.350 e. The molecule has 1 rings (SSSR count). The largest absolute Gasteiger partial charge is 0.350 e. The van der Waals surface area contributed by atoms with Gasteiger partial charge in [0.15, 0.2) is 0 Å². The number of nitrogens with one attached hydrogen (secondary N) is 2. The Morgan fingerprint density at radius 2 is 2.00 bits per heavy atom. The smallest absolute Gasteiger partial charge is 0.245 e. The average molecular weight is 267 g/mol. The molecule has 0 aromatic carbocycles. The Kier molecular flexibility index (Phi) is 5.05. The van der Waals surface area contributed by atoms with Gasteiger partial charge in [0, 0.05) is 18.1 Å². The first-order chi connectivity index (χ1) is 8.69. The summed E-state index contributed by atoms with van der Waals surface area (Å²) in [6, 6.07) is 0.0336. The van der Waals surface area contributed by atoms with Gasteiger partial charge in [0.1, 0.15) is 6.04 Å². The molecule has 1 atom stereocenters. The molecular weight excluding hydrogens is 242 g/mol. The van der Waals surface area contributed by atoms with Crippen LogP contribution in [0.2, 0.25) is 0 Å². The quantitative estimate of drug-likeness (QED) is 0.842. The highest BCUT2D eigenvalue weighted by atomic mass is 16.2. The van der Waals surface area contributed by atoms with Gasteiger partial charge in [-0.25, -0.2) is 4.68 Å². The van der Waals surface area contributed by atoms with E-state index in [1.807, 2.05) is 33.9 Å². The Balaban J connectivity index is 2.62. The van der Waals surface area contributed by atoms with Crippen molar-refractivity contribution >= 4 is 5.91 Å². The Labute approximate surface area is 115 Å². The SMILES string of the molecule is CC(C)NCc1cn(C(C)C(=O)NC(C)(C)C)nn1. The van der Waals surface area contributed by atoms with Gasteiger partial charge in [0.05, 0.1) is 11.9 Å². The zero-order chi connectivity index (χ0) is 14.6. The van der Waals surface area contributed by atoms with Gasteiger partial charge >= 0.3 is 0 Å². The predicted octanol–water partition coefficient (Wildman–Crippen LogP) is 1.25. The fourth-order valence-electron chi connectivity index (χ4n) is 1.49. The highest BCUT2D eigenvalue weighted by Gasteiger charge is 2.21. The number of carbonyl (C=O) groups is 1. The lowest BCUT2D eigenvalue weighted by Gasteiger charge is -2.23. The van der Waals surface area contributed by atoms with E-state index in [1.165, 1.54) is 0 Å². The van der Waals surface area contributed by atoms with Crippen molar-refractivity contribution in [3.05, 3.63) is 11.9 Å². The maximum Gasteiger partial charge on any atom is 0.245 e. The van der Waals surface area contributed by atoms with Crippen molar-refractivity contribution in [3.63, 3.8) is 0 Å². The van der Waals surface area contributed by atoms with Crippen molar-refractivity contribution in [1.29, 1.82) is 0 Å². The van der Waals surface area contributed by atoms with Crippen molar-refractivity contribution in [1.82, 2.24) is 25.6 Å². The zero-order valence-electron chi connectivity index (χ0n) is 12.7. The van der Waals surface area contributed by atoms with E-state index >= 15 is 0 Å². The fourth-order valence-corrected chi connectivity index (χ4v) is 1.49. The molecule has 0 bridgehead atoms. The van der Waals surface area contributed by atoms with Crippen LogP contribution in [0.4, 0.5) is 0 Å². The average Bonchev–Trinajstić information content (AvgIpc) is 2.71. The summed E-state index contributed by atoms with van der Waals surface area (Å²) >= 11 is 0. The Morgan fingerprint density at radius 1 is 1.37 bits per heavy atom. The van der Waals surface area contributed by atoms with Crippen molar-refractivity contribution < 1.29 is 4.79 Å². The third-order valence-electron chi connectivity index (χ3n) is 2.52. The number of rotatable bonds is 5. The maximum atomic E-state index is 12.0. The van der Waals surface area contributed by atoms with Gasteiger partial charge in [-0.2, -0.15) is 0 Å². The topological polar surface area (TPSA) is 71.8 Å². The third kappa shape index (κ3) is 5.38. The third-order valence-corrected chi connectivity index (χ3v) is 2.52. The highest BCUT2D eigenvalue weighted by Crippen LogP contribution is 2.08. The lowest BCUT2D eigenvalue weighted by atomic mass is 10.1. The van der Waals surface area contributed by atoms with E-state index in [0.717, 1.165) is 5.69 Å². The summed E-state index contributed by atoms with van der Waals surface area (Å²) in [5.74, 6) is -0.0548. The monoisotopic (exact) mass is 267 g/mol. The second-order valence-electron chi connectivity index (χ2n) is 6.14. The van der Waals surface area contributed by atoms with E-state index in [0.29, 0.717) is 12.6 Å². The number of carbonyl (C=O) groups excluding carboxylic acids is 1. The number of hydrogen-bond acceptors (Lipinski definition) is 4. The van der Waals surface area contributed by atoms with Crippen LogP contribution in [-0.2, 0) is 11.3 Å². The van der Waals surface area contributed by atoms with E-state index in [2.05, 4.69) is 34.8 Å². The molecule has 1 heterocycles. The molecule has 2 N–H and O–H groups in total. The molecule has 0 aliphatic heterocycles. The molecule has 6 heteroatoms. The van der Waals surface area contributed by atoms with Crippen LogP contribution in [0, 0.1) is 0 Å². The molecule has 0 fully saturated rings. The molecule has 0 saturated carbocycles. The molecule has 1 aromatic rings. The summed E-state index contributed by atoms with van der Waals surface area (Å²) < 4.78 is 1.60. The van der Waals surface area contributed by atoms with Gasteiger partial charge in [0.2, 0.25) is 5.91 Å². The summed E-state index contributed by atoms with van der Waals surface area (Å²) in [4.78, 5) is 12.0. The van der Waals surface area contributed by atoms with Gasteiger partial charge in [0.25, 0.3) is 0 Å². The Bertz CT molecular complexity index is 419. The first-order valence-corrected chi connectivity index (χ1v) is 6.65. The molecule has 0 aliphatic rings. The summed E-state index contributed by atoms with van der Waals surface area (Å²) in [6.07, 6.45) is 1.81. The minimum absolute atomic E-state index is 0.0548. The van der Waals surface area contributed by atoms with Gasteiger partial charge < -0.3 is 10.6 Å². The molecule has 0 radical (unpaired) electrons. The summed E-state index contributed by atoms with van der Waals surface area (Å²) in [6.45, 7) is 12.5. The molecule has 0 spiro atoms. The van der Waals surface area contributed by atoms with Crippen LogP contribution in [-0.4, -0.2) is 32.5 Å². The second-order valence-corrected chi connectivity index (χ2v) is 6.14. The summed E-state index contributed by atoms with van der Waals surface area (Å²) in [5, 5.41) is 14.3. The molecule has 1 unspecified atom stereocenters. The van der Waals surface area contributed by atoms with E-state index in [-0.39, 0.29) is 17.5 Å². The Hall–Kier alpha value is -1.43. The van der Waals surface area contributed by atoms with Gasteiger partial charge in [-0.3, -0.25) is 4.79 Å². The van der Waals surface area contributed by atoms with Gasteiger partial charge in [-0.05, 0) is 27.7 Å². The van der Waals surface area contributed by atoms with Crippen molar-refractivity contribution in [2.24, 2.45) is 0 Å². The van der Waals surface area contributed by atoms with Crippen LogP contribution in [0.3, 0.4) is 0 Å². The van der Waals surface area contributed by atoms with Gasteiger partial charge in [-0.1, -0.05) is 19.1 Å². The van der Waals surface area contributed by atoms with E-state index < -0.39 is 0 Å². The van der Waals surface area contributed by atoms with Crippen LogP contribution in [0.15, 0.2) is 6.20 Å². The zero-order valence-corrected chi connectivity index (χ0v) is 12.7. The van der Waals surface area contributed by atoms with Crippen LogP contribution in [0.5, 0.6) is 0 Å². The molecule has 0 aliphatic carbocycles. The number of aromatic nitrogens is 3. The van der Waals surface area contributed by atoms with Gasteiger partial charge in [-0.15, -0.1) is 5.10 Å². The molecule has 6 nitrogen and oxygen atoms in total. The first kappa shape index (κ1) is 15.6. The second kappa shape index (κ2) is 6.14. The number of hydrogen-bond donors (Lipinski definition) is 2. The van der Waals surface area contributed by atoms with E-state index in [1.54, 1.807) is 4.68 Å². The summed E-state index contributed by atoms with van der Waals surface area (Å²) in [5.41, 5.74) is 0.595. The van der Waals surface area contributed by atoms with Crippen LogP contribution in [0.25, 0.3) is 0 Å². The maximum absolute atomic E-state index is 12.0. The fraction of sp³-hybridized carbons (Fsp3) is 0.769. The van der Waals surface area contributed by atoms with Crippen LogP contribution in [0.1, 0.15) is 53.3 Å². The standard InChI is InChI=1S/C13H25N5O/c1-9(2)14-7-11-8-18(17-16-11)10(3)12(19)15-13(4,5)6/h8-10,14H,7H2,1-6H3,(H,15,19).